The number of fused-ring (bicyclic) bond motifs is 1. The maximum Gasteiger partial charge on any atom is 0.234 e. The van der Waals surface area contributed by atoms with Crippen molar-refractivity contribution in [3.05, 3.63) is 42.1 Å². The van der Waals surface area contributed by atoms with Crippen molar-refractivity contribution in [1.82, 2.24) is 10.3 Å². The number of hydrogen-bond donors (Lipinski definition) is 2. The lowest BCUT2D eigenvalue weighted by Gasteiger charge is -2.10. The average molecular weight is 229 g/mol. The molecule has 1 amide bonds. The summed E-state index contributed by atoms with van der Waals surface area (Å²) in [6.45, 7) is 2.33. The Hall–Kier alpha value is -1.94. The summed E-state index contributed by atoms with van der Waals surface area (Å²) >= 11 is 0. The standard InChI is InChI=1S/C13H15N3O/c1-9(13(14)17)15-7-10-6-11-4-2-3-5-12(11)16-8-10/h2-6,8-9,15H,7H2,1H3,(H2,14,17). The molecule has 0 radical (unpaired) electrons. The van der Waals surface area contributed by atoms with E-state index in [4.69, 9.17) is 5.73 Å². The maximum absolute atomic E-state index is 10.9. The van der Waals surface area contributed by atoms with Gasteiger partial charge in [0.05, 0.1) is 11.6 Å². The van der Waals surface area contributed by atoms with Crippen LogP contribution in [0.2, 0.25) is 0 Å². The van der Waals surface area contributed by atoms with E-state index in [1.165, 1.54) is 0 Å². The molecule has 0 saturated heterocycles. The molecule has 3 N–H and O–H groups in total. The number of rotatable bonds is 4. The minimum Gasteiger partial charge on any atom is -0.368 e. The smallest absolute Gasteiger partial charge is 0.234 e. The number of benzene rings is 1. The molecular weight excluding hydrogens is 214 g/mol. The molecular formula is C13H15N3O. The van der Waals surface area contributed by atoms with Crippen LogP contribution in [0.4, 0.5) is 0 Å². The molecule has 0 spiro atoms. The monoisotopic (exact) mass is 229 g/mol. The first kappa shape index (κ1) is 11.5. The summed E-state index contributed by atoms with van der Waals surface area (Å²) in [7, 11) is 0. The predicted octanol–water partition coefficient (Wildman–Crippen LogP) is 1.20. The first-order valence-corrected chi connectivity index (χ1v) is 5.53. The van der Waals surface area contributed by atoms with Gasteiger partial charge in [0.25, 0.3) is 0 Å². The highest BCUT2D eigenvalue weighted by atomic mass is 16.1. The van der Waals surface area contributed by atoms with Crippen LogP contribution in [-0.4, -0.2) is 16.9 Å². The number of carbonyl (C=O) groups is 1. The lowest BCUT2D eigenvalue weighted by atomic mass is 10.1. The molecule has 0 bridgehead atoms. The van der Waals surface area contributed by atoms with Gasteiger partial charge in [-0.2, -0.15) is 0 Å². The number of aromatic nitrogens is 1. The molecule has 0 aliphatic carbocycles. The summed E-state index contributed by atoms with van der Waals surface area (Å²) < 4.78 is 0. The molecule has 17 heavy (non-hydrogen) atoms. The van der Waals surface area contributed by atoms with Gasteiger partial charge in [0, 0.05) is 18.1 Å². The van der Waals surface area contributed by atoms with Gasteiger partial charge in [-0.05, 0) is 24.6 Å². The van der Waals surface area contributed by atoms with Crippen LogP contribution in [-0.2, 0) is 11.3 Å². The number of para-hydroxylation sites is 1. The van der Waals surface area contributed by atoms with Crippen molar-refractivity contribution in [2.24, 2.45) is 5.73 Å². The molecule has 0 saturated carbocycles. The largest absolute Gasteiger partial charge is 0.368 e. The molecule has 1 unspecified atom stereocenters. The Morgan fingerprint density at radius 3 is 3.00 bits per heavy atom. The molecule has 4 heteroatoms. The Morgan fingerprint density at radius 2 is 2.24 bits per heavy atom. The van der Waals surface area contributed by atoms with Gasteiger partial charge in [-0.15, -0.1) is 0 Å². The third kappa shape index (κ3) is 2.79. The maximum atomic E-state index is 10.9. The van der Waals surface area contributed by atoms with E-state index in [0.717, 1.165) is 16.5 Å². The summed E-state index contributed by atoms with van der Waals surface area (Å²) in [5, 5.41) is 4.14. The zero-order valence-electron chi connectivity index (χ0n) is 9.68. The summed E-state index contributed by atoms with van der Waals surface area (Å²) in [6.07, 6.45) is 1.81. The van der Waals surface area contributed by atoms with Gasteiger partial charge in [-0.3, -0.25) is 9.78 Å². The van der Waals surface area contributed by atoms with Gasteiger partial charge < -0.3 is 11.1 Å². The van der Waals surface area contributed by atoms with E-state index >= 15 is 0 Å². The number of carbonyl (C=O) groups excluding carboxylic acids is 1. The van der Waals surface area contributed by atoms with Crippen molar-refractivity contribution >= 4 is 16.8 Å². The van der Waals surface area contributed by atoms with E-state index in [9.17, 15) is 4.79 Å². The number of nitrogens with zero attached hydrogens (tertiary/aromatic N) is 1. The SMILES string of the molecule is CC(NCc1cnc2ccccc2c1)C(N)=O. The van der Waals surface area contributed by atoms with E-state index in [1.54, 1.807) is 6.92 Å². The number of nitrogens with two attached hydrogens (primary N) is 1. The molecule has 0 fully saturated rings. The normalized spacial score (nSPS) is 12.5. The molecule has 1 aromatic carbocycles. The first-order chi connectivity index (χ1) is 8.16. The number of primary amides is 1. The number of nitrogens with one attached hydrogen (secondary N) is 1. The van der Waals surface area contributed by atoms with Gasteiger partial charge in [0.1, 0.15) is 0 Å². The second-order valence-electron chi connectivity index (χ2n) is 4.04. The Bertz CT molecular complexity index is 539. The minimum absolute atomic E-state index is 0.332. The predicted molar refractivity (Wildman–Crippen MR) is 67.2 cm³/mol. The van der Waals surface area contributed by atoms with Crippen LogP contribution in [0.3, 0.4) is 0 Å². The number of pyridine rings is 1. The first-order valence-electron chi connectivity index (χ1n) is 5.53. The summed E-state index contributed by atoms with van der Waals surface area (Å²) in [4.78, 5) is 15.2. The Balaban J connectivity index is 2.12. The zero-order chi connectivity index (χ0) is 12.3. The van der Waals surface area contributed by atoms with Crippen molar-refractivity contribution in [2.45, 2.75) is 19.5 Å². The van der Waals surface area contributed by atoms with Crippen LogP contribution >= 0.6 is 0 Å². The molecule has 0 aliphatic rings. The third-order valence-electron chi connectivity index (χ3n) is 2.69. The van der Waals surface area contributed by atoms with Crippen LogP contribution < -0.4 is 11.1 Å². The second kappa shape index (κ2) is 4.93. The highest BCUT2D eigenvalue weighted by molar-refractivity contribution is 5.79. The van der Waals surface area contributed by atoms with Crippen molar-refractivity contribution < 1.29 is 4.79 Å². The molecule has 1 heterocycles. The van der Waals surface area contributed by atoms with Crippen molar-refractivity contribution in [2.75, 3.05) is 0 Å². The topological polar surface area (TPSA) is 68.0 Å². The van der Waals surface area contributed by atoms with Gasteiger partial charge in [-0.1, -0.05) is 18.2 Å². The number of amides is 1. The van der Waals surface area contributed by atoms with Crippen LogP contribution in [0.5, 0.6) is 0 Å². The third-order valence-corrected chi connectivity index (χ3v) is 2.69. The number of hydrogen-bond acceptors (Lipinski definition) is 3. The quantitative estimate of drug-likeness (QED) is 0.827. The van der Waals surface area contributed by atoms with Gasteiger partial charge in [-0.25, -0.2) is 0 Å². The second-order valence-corrected chi connectivity index (χ2v) is 4.04. The summed E-state index contributed by atoms with van der Waals surface area (Å²) in [6, 6.07) is 9.65. The van der Waals surface area contributed by atoms with E-state index in [0.29, 0.717) is 6.54 Å². The fourth-order valence-corrected chi connectivity index (χ4v) is 1.58. The Morgan fingerprint density at radius 1 is 1.47 bits per heavy atom. The molecule has 2 aromatic rings. The Labute approximate surface area is 99.8 Å². The van der Waals surface area contributed by atoms with Crippen molar-refractivity contribution in [3.63, 3.8) is 0 Å². The van der Waals surface area contributed by atoms with Crippen molar-refractivity contribution in [3.8, 4) is 0 Å². The zero-order valence-corrected chi connectivity index (χ0v) is 9.68. The van der Waals surface area contributed by atoms with E-state index in [2.05, 4.69) is 16.4 Å². The molecule has 2 rings (SSSR count). The average Bonchev–Trinajstić information content (AvgIpc) is 2.35. The molecule has 0 aliphatic heterocycles. The van der Waals surface area contributed by atoms with Crippen LogP contribution in [0.25, 0.3) is 10.9 Å². The van der Waals surface area contributed by atoms with E-state index in [-0.39, 0.29) is 11.9 Å². The molecule has 1 atom stereocenters. The van der Waals surface area contributed by atoms with Gasteiger partial charge >= 0.3 is 0 Å². The fraction of sp³-hybridized carbons (Fsp3) is 0.231. The van der Waals surface area contributed by atoms with E-state index < -0.39 is 0 Å². The minimum atomic E-state index is -0.348. The van der Waals surface area contributed by atoms with Gasteiger partial charge in [0.15, 0.2) is 0 Å². The van der Waals surface area contributed by atoms with Crippen LogP contribution in [0, 0.1) is 0 Å². The molecule has 1 aromatic heterocycles. The fourth-order valence-electron chi connectivity index (χ4n) is 1.58. The lowest BCUT2D eigenvalue weighted by molar-refractivity contribution is -0.119. The van der Waals surface area contributed by atoms with Crippen LogP contribution in [0.1, 0.15) is 12.5 Å². The van der Waals surface area contributed by atoms with Crippen molar-refractivity contribution in [1.29, 1.82) is 0 Å². The highest BCUT2D eigenvalue weighted by Gasteiger charge is 2.07. The molecule has 4 nitrogen and oxygen atoms in total. The summed E-state index contributed by atoms with van der Waals surface area (Å²) in [5.41, 5.74) is 7.18. The van der Waals surface area contributed by atoms with Crippen LogP contribution in [0.15, 0.2) is 36.5 Å². The highest BCUT2D eigenvalue weighted by Crippen LogP contribution is 2.12. The van der Waals surface area contributed by atoms with Gasteiger partial charge in [0.2, 0.25) is 5.91 Å². The summed E-state index contributed by atoms with van der Waals surface area (Å²) in [5.74, 6) is -0.348. The van der Waals surface area contributed by atoms with E-state index in [1.807, 2.05) is 30.5 Å². The Kier molecular flexibility index (Phi) is 3.35. The lowest BCUT2D eigenvalue weighted by Crippen LogP contribution is -2.38. The molecule has 88 valence electrons.